The molecule has 0 saturated carbocycles. The summed E-state index contributed by atoms with van der Waals surface area (Å²) in [6.07, 6.45) is 1.55. The molecular formula is C10H13ClN2O3. The number of carboxylic acids is 1. The Morgan fingerprint density at radius 3 is 2.88 bits per heavy atom. The number of halogens is 1. The zero-order chi connectivity index (χ0) is 12.3. The lowest BCUT2D eigenvalue weighted by Crippen LogP contribution is -2.42. The van der Waals surface area contributed by atoms with Gasteiger partial charge in [0.25, 0.3) is 0 Å². The van der Waals surface area contributed by atoms with Crippen molar-refractivity contribution in [2.45, 2.75) is 19.4 Å². The molecule has 1 heterocycles. The van der Waals surface area contributed by atoms with E-state index in [4.69, 9.17) is 16.7 Å². The molecule has 3 N–H and O–H groups in total. The fourth-order valence-corrected chi connectivity index (χ4v) is 1.17. The van der Waals surface area contributed by atoms with E-state index in [0.717, 1.165) is 5.56 Å². The summed E-state index contributed by atoms with van der Waals surface area (Å²) >= 11 is 5.95. The Hall–Kier alpha value is -1.33. The normalized spacial score (nSPS) is 14.2. The molecule has 0 aromatic carbocycles. The van der Waals surface area contributed by atoms with Crippen LogP contribution >= 0.6 is 11.6 Å². The molecule has 0 radical (unpaired) electrons. The van der Waals surface area contributed by atoms with Crippen LogP contribution in [0, 0.1) is 6.92 Å². The number of aryl methyl sites for hydroxylation is 1. The van der Waals surface area contributed by atoms with Gasteiger partial charge in [-0.1, -0.05) is 11.6 Å². The first-order valence-electron chi connectivity index (χ1n) is 4.65. The molecule has 6 heteroatoms. The second kappa shape index (κ2) is 4.67. The maximum absolute atomic E-state index is 10.7. The van der Waals surface area contributed by atoms with Gasteiger partial charge < -0.3 is 15.5 Å². The highest BCUT2D eigenvalue weighted by molar-refractivity contribution is 6.33. The van der Waals surface area contributed by atoms with E-state index in [0.29, 0.717) is 10.8 Å². The van der Waals surface area contributed by atoms with E-state index in [1.807, 2.05) is 6.92 Å². The second-order valence-electron chi connectivity index (χ2n) is 3.72. The number of hydrogen-bond acceptors (Lipinski definition) is 4. The topological polar surface area (TPSA) is 82.5 Å². The first-order chi connectivity index (χ1) is 7.34. The van der Waals surface area contributed by atoms with Crippen molar-refractivity contribution < 1.29 is 15.0 Å². The number of aliphatic hydroxyl groups is 1. The van der Waals surface area contributed by atoms with Gasteiger partial charge in [0.2, 0.25) is 0 Å². The number of carboxylic acid groups (broad SMARTS) is 1. The van der Waals surface area contributed by atoms with Crippen LogP contribution in [0.1, 0.15) is 12.5 Å². The van der Waals surface area contributed by atoms with E-state index in [2.05, 4.69) is 10.3 Å². The van der Waals surface area contributed by atoms with Crippen LogP contribution in [0.3, 0.4) is 0 Å². The highest BCUT2D eigenvalue weighted by Gasteiger charge is 2.29. The Morgan fingerprint density at radius 2 is 2.31 bits per heavy atom. The summed E-state index contributed by atoms with van der Waals surface area (Å²) < 4.78 is 0. The van der Waals surface area contributed by atoms with Crippen LogP contribution in [0.25, 0.3) is 0 Å². The third-order valence-electron chi connectivity index (χ3n) is 2.14. The highest BCUT2D eigenvalue weighted by Crippen LogP contribution is 2.22. The van der Waals surface area contributed by atoms with Crippen molar-refractivity contribution >= 4 is 23.4 Å². The quantitative estimate of drug-likeness (QED) is 0.744. The minimum Gasteiger partial charge on any atom is -0.479 e. The summed E-state index contributed by atoms with van der Waals surface area (Å²) in [5, 5.41) is 21.3. The van der Waals surface area contributed by atoms with Crippen LogP contribution in [-0.4, -0.2) is 33.3 Å². The Bertz CT molecular complexity index is 407. The Balaban J connectivity index is 2.76. The third kappa shape index (κ3) is 2.84. The van der Waals surface area contributed by atoms with E-state index < -0.39 is 11.6 Å². The van der Waals surface area contributed by atoms with E-state index in [9.17, 15) is 9.90 Å². The van der Waals surface area contributed by atoms with Crippen molar-refractivity contribution in [2.75, 3.05) is 11.9 Å². The average molecular weight is 245 g/mol. The second-order valence-corrected chi connectivity index (χ2v) is 4.10. The number of nitrogens with one attached hydrogen (secondary N) is 1. The number of hydrogen-bond donors (Lipinski definition) is 3. The van der Waals surface area contributed by atoms with Crippen molar-refractivity contribution in [3.8, 4) is 0 Å². The summed E-state index contributed by atoms with van der Waals surface area (Å²) in [4.78, 5) is 14.6. The van der Waals surface area contributed by atoms with Crippen molar-refractivity contribution in [3.63, 3.8) is 0 Å². The minimum absolute atomic E-state index is 0.168. The molecule has 0 amide bonds. The molecule has 0 bridgehead atoms. The van der Waals surface area contributed by atoms with E-state index >= 15 is 0 Å². The fraction of sp³-hybridized carbons (Fsp3) is 0.400. The Labute approximate surface area is 98.1 Å². The monoisotopic (exact) mass is 244 g/mol. The lowest BCUT2D eigenvalue weighted by Gasteiger charge is -2.19. The van der Waals surface area contributed by atoms with Gasteiger partial charge in [-0.2, -0.15) is 0 Å². The molecule has 1 unspecified atom stereocenters. The van der Waals surface area contributed by atoms with Crippen LogP contribution in [0.15, 0.2) is 12.3 Å². The predicted molar refractivity (Wildman–Crippen MR) is 60.7 cm³/mol. The van der Waals surface area contributed by atoms with Gasteiger partial charge in [0.15, 0.2) is 5.60 Å². The maximum Gasteiger partial charge on any atom is 0.337 e. The zero-order valence-electron chi connectivity index (χ0n) is 8.99. The molecule has 0 saturated heterocycles. The number of nitrogens with zero attached hydrogens (tertiary/aromatic N) is 1. The molecular weight excluding hydrogens is 232 g/mol. The van der Waals surface area contributed by atoms with Gasteiger partial charge in [0.1, 0.15) is 5.82 Å². The number of anilines is 1. The molecule has 1 aromatic heterocycles. The van der Waals surface area contributed by atoms with Crippen molar-refractivity contribution in [1.29, 1.82) is 0 Å². The summed E-state index contributed by atoms with van der Waals surface area (Å²) in [7, 11) is 0. The van der Waals surface area contributed by atoms with Crippen LogP contribution in [0.4, 0.5) is 5.82 Å². The molecule has 0 aliphatic carbocycles. The van der Waals surface area contributed by atoms with E-state index in [1.165, 1.54) is 6.92 Å². The van der Waals surface area contributed by atoms with Crippen LogP contribution in [-0.2, 0) is 4.79 Å². The number of aliphatic carboxylic acids is 1. The van der Waals surface area contributed by atoms with E-state index in [-0.39, 0.29) is 6.54 Å². The standard InChI is InChI=1S/C10H13ClN2O3/c1-6-3-4-12-8(7(6)11)13-5-10(2,16)9(14)15/h3-4,16H,5H2,1-2H3,(H,12,13)(H,14,15). The number of carbonyl (C=O) groups is 1. The molecule has 5 nitrogen and oxygen atoms in total. The fourth-order valence-electron chi connectivity index (χ4n) is 0.995. The molecule has 1 atom stereocenters. The number of pyridine rings is 1. The van der Waals surface area contributed by atoms with Crippen LogP contribution < -0.4 is 5.32 Å². The van der Waals surface area contributed by atoms with Crippen molar-refractivity contribution in [3.05, 3.63) is 22.8 Å². The molecule has 1 rings (SSSR count). The van der Waals surface area contributed by atoms with E-state index in [1.54, 1.807) is 12.3 Å². The minimum atomic E-state index is -1.85. The van der Waals surface area contributed by atoms with Gasteiger partial charge in [-0.05, 0) is 25.5 Å². The summed E-state index contributed by atoms with van der Waals surface area (Å²) in [5.74, 6) is -0.938. The third-order valence-corrected chi connectivity index (χ3v) is 2.62. The van der Waals surface area contributed by atoms with Gasteiger partial charge in [0, 0.05) is 6.20 Å². The van der Waals surface area contributed by atoms with Gasteiger partial charge in [-0.3, -0.25) is 0 Å². The lowest BCUT2D eigenvalue weighted by molar-refractivity contribution is -0.155. The van der Waals surface area contributed by atoms with Gasteiger partial charge in [-0.25, -0.2) is 9.78 Å². The van der Waals surface area contributed by atoms with Gasteiger partial charge >= 0.3 is 5.97 Å². The molecule has 1 aromatic rings. The van der Waals surface area contributed by atoms with Crippen molar-refractivity contribution in [1.82, 2.24) is 4.98 Å². The maximum atomic E-state index is 10.7. The highest BCUT2D eigenvalue weighted by atomic mass is 35.5. The first-order valence-corrected chi connectivity index (χ1v) is 5.03. The molecule has 0 aliphatic heterocycles. The van der Waals surface area contributed by atoms with Gasteiger partial charge in [0.05, 0.1) is 11.6 Å². The Morgan fingerprint density at radius 1 is 1.69 bits per heavy atom. The zero-order valence-corrected chi connectivity index (χ0v) is 9.75. The smallest absolute Gasteiger partial charge is 0.337 e. The predicted octanol–water partition coefficient (Wildman–Crippen LogP) is 1.29. The number of rotatable bonds is 4. The van der Waals surface area contributed by atoms with Crippen LogP contribution in [0.5, 0.6) is 0 Å². The molecule has 0 fully saturated rings. The first kappa shape index (κ1) is 12.7. The molecule has 0 spiro atoms. The molecule has 0 aliphatic rings. The molecule has 16 heavy (non-hydrogen) atoms. The molecule has 88 valence electrons. The average Bonchev–Trinajstić information content (AvgIpc) is 2.20. The van der Waals surface area contributed by atoms with Crippen LogP contribution in [0.2, 0.25) is 5.02 Å². The lowest BCUT2D eigenvalue weighted by atomic mass is 10.1. The summed E-state index contributed by atoms with van der Waals surface area (Å²) in [6.45, 7) is 2.84. The summed E-state index contributed by atoms with van der Waals surface area (Å²) in [6, 6.07) is 1.74. The largest absolute Gasteiger partial charge is 0.479 e. The van der Waals surface area contributed by atoms with Gasteiger partial charge in [-0.15, -0.1) is 0 Å². The van der Waals surface area contributed by atoms with Crippen molar-refractivity contribution in [2.24, 2.45) is 0 Å². The Kier molecular flexibility index (Phi) is 3.72. The summed E-state index contributed by atoms with van der Waals surface area (Å²) in [5.41, 5.74) is -1.02. The number of aromatic nitrogens is 1. The SMILES string of the molecule is Cc1ccnc(NCC(C)(O)C(=O)O)c1Cl.